The van der Waals surface area contributed by atoms with Crippen LogP contribution in [-0.4, -0.2) is 29.8 Å². The number of aldehydes is 1. The first-order chi connectivity index (χ1) is 17.7. The van der Waals surface area contributed by atoms with Gasteiger partial charge < -0.3 is 20.0 Å². The lowest BCUT2D eigenvalue weighted by Crippen LogP contribution is -2.26. The highest BCUT2D eigenvalue weighted by atomic mass is 16.5. The van der Waals surface area contributed by atoms with Crippen molar-refractivity contribution >= 4 is 18.2 Å². The van der Waals surface area contributed by atoms with Gasteiger partial charge in [-0.15, -0.1) is 0 Å². The highest BCUT2D eigenvalue weighted by molar-refractivity contribution is 5.94. The van der Waals surface area contributed by atoms with Crippen LogP contribution in [0.1, 0.15) is 85.5 Å². The molecule has 6 heteroatoms. The van der Waals surface area contributed by atoms with Crippen LogP contribution in [0.15, 0.2) is 72.5 Å². The number of benzene rings is 2. The van der Waals surface area contributed by atoms with E-state index >= 15 is 0 Å². The fraction of sp³-hybridized carbons (Fsp3) is 0.387. The van der Waals surface area contributed by atoms with Crippen LogP contribution < -0.4 is 5.32 Å². The van der Waals surface area contributed by atoms with Gasteiger partial charge in [0, 0.05) is 23.9 Å². The molecule has 2 N–H and O–H groups in total. The molecule has 1 aliphatic rings. The second-order valence-corrected chi connectivity index (χ2v) is 10.2. The first-order valence-corrected chi connectivity index (χ1v) is 12.9. The summed E-state index contributed by atoms with van der Waals surface area (Å²) in [7, 11) is 0. The average molecular weight is 504 g/mol. The van der Waals surface area contributed by atoms with Crippen LogP contribution in [0.3, 0.4) is 0 Å². The second kappa shape index (κ2) is 13.0. The normalized spacial score (nSPS) is 17.8. The van der Waals surface area contributed by atoms with E-state index in [2.05, 4.69) is 57.3 Å². The van der Waals surface area contributed by atoms with Crippen LogP contribution >= 0.6 is 0 Å². The van der Waals surface area contributed by atoms with Gasteiger partial charge in [-0.1, -0.05) is 70.2 Å². The molecule has 2 aromatic rings. The first-order valence-electron chi connectivity index (χ1n) is 12.9. The van der Waals surface area contributed by atoms with E-state index in [9.17, 15) is 14.4 Å². The summed E-state index contributed by atoms with van der Waals surface area (Å²) in [4.78, 5) is 34.9. The molecule has 0 bridgehead atoms. The van der Waals surface area contributed by atoms with E-state index in [1.807, 2.05) is 30.4 Å². The molecule has 1 amide bonds. The van der Waals surface area contributed by atoms with Crippen molar-refractivity contribution in [2.45, 2.75) is 58.5 Å². The number of nitrogens with one attached hydrogen (secondary N) is 1. The van der Waals surface area contributed by atoms with Crippen LogP contribution in [0.2, 0.25) is 0 Å². The van der Waals surface area contributed by atoms with Crippen LogP contribution in [0.5, 0.6) is 0 Å². The maximum atomic E-state index is 12.3. The number of carboxylic acid groups (broad SMARTS) is 1. The topological polar surface area (TPSA) is 92.7 Å². The molecule has 3 atom stereocenters. The quantitative estimate of drug-likeness (QED) is 0.338. The predicted octanol–water partition coefficient (Wildman–Crippen LogP) is 6.17. The number of carboxylic acids is 1. The van der Waals surface area contributed by atoms with Crippen molar-refractivity contribution in [2.24, 2.45) is 11.8 Å². The molecule has 0 radical (unpaired) electrons. The molecule has 0 heterocycles. The van der Waals surface area contributed by atoms with Gasteiger partial charge in [-0.3, -0.25) is 9.59 Å². The molecule has 2 aromatic carbocycles. The molecule has 0 aliphatic heterocycles. The number of ether oxygens (including phenoxy) is 1. The average Bonchev–Trinajstić information content (AvgIpc) is 2.88. The third kappa shape index (κ3) is 7.91. The largest absolute Gasteiger partial charge is 0.486 e. The fourth-order valence-corrected chi connectivity index (χ4v) is 4.39. The van der Waals surface area contributed by atoms with E-state index in [-0.39, 0.29) is 36.8 Å². The van der Waals surface area contributed by atoms with Crippen LogP contribution in [-0.2, 0) is 14.3 Å². The summed E-state index contributed by atoms with van der Waals surface area (Å²) in [6, 6.07) is 15.6. The van der Waals surface area contributed by atoms with E-state index in [0.717, 1.165) is 23.8 Å². The van der Waals surface area contributed by atoms with Crippen molar-refractivity contribution in [3.63, 3.8) is 0 Å². The lowest BCUT2D eigenvalue weighted by atomic mass is 9.83. The predicted molar refractivity (Wildman–Crippen MR) is 144 cm³/mol. The van der Waals surface area contributed by atoms with Crippen molar-refractivity contribution < 1.29 is 24.2 Å². The van der Waals surface area contributed by atoms with Gasteiger partial charge in [0.1, 0.15) is 18.1 Å². The molecule has 37 heavy (non-hydrogen) atoms. The summed E-state index contributed by atoms with van der Waals surface area (Å²) in [5.74, 6) is -0.138. The molecule has 0 spiro atoms. The van der Waals surface area contributed by atoms with Gasteiger partial charge >= 0.3 is 5.97 Å². The van der Waals surface area contributed by atoms with Crippen LogP contribution in [0, 0.1) is 11.8 Å². The zero-order valence-corrected chi connectivity index (χ0v) is 22.0. The minimum atomic E-state index is -0.956. The molecule has 0 saturated carbocycles. The van der Waals surface area contributed by atoms with E-state index in [0.29, 0.717) is 23.2 Å². The van der Waals surface area contributed by atoms with Gasteiger partial charge in [0.2, 0.25) is 0 Å². The minimum absolute atomic E-state index is 0.0338. The zero-order chi connectivity index (χ0) is 26.9. The third-order valence-corrected chi connectivity index (χ3v) is 6.52. The monoisotopic (exact) mass is 503 g/mol. The van der Waals surface area contributed by atoms with Gasteiger partial charge in [0.25, 0.3) is 5.91 Å². The Kier molecular flexibility index (Phi) is 9.84. The highest BCUT2D eigenvalue weighted by Crippen LogP contribution is 2.35. The van der Waals surface area contributed by atoms with E-state index < -0.39 is 5.97 Å². The summed E-state index contributed by atoms with van der Waals surface area (Å²) in [6.07, 6.45) is 7.25. The molecule has 0 saturated heterocycles. The molecule has 0 aromatic heterocycles. The van der Waals surface area contributed by atoms with Crippen molar-refractivity contribution in [1.82, 2.24) is 5.32 Å². The molecule has 3 rings (SSSR count). The standard InChI is InChI=1S/C31H37NO5/c1-20(2)17-29(24-9-11-25(12-10-24)31(36)32-16-15-30(34)35)37-27-13-14-28(26(18-27)19-33)23-7-5-22(6-8-23)21(3)4/h5-14,18-21,26,28-29H,15-17H2,1-4H3,(H,32,36)(H,34,35). The Morgan fingerprint density at radius 1 is 1.00 bits per heavy atom. The summed E-state index contributed by atoms with van der Waals surface area (Å²) >= 11 is 0. The SMILES string of the molecule is CC(C)CC(OC1=CC(C=O)C(c2ccc(C(C)C)cc2)C=C1)c1ccc(C(=O)NCCC(=O)O)cc1. The van der Waals surface area contributed by atoms with Gasteiger partial charge in [-0.25, -0.2) is 0 Å². The Morgan fingerprint density at radius 2 is 1.65 bits per heavy atom. The molecule has 0 fully saturated rings. The maximum absolute atomic E-state index is 12.3. The smallest absolute Gasteiger partial charge is 0.305 e. The summed E-state index contributed by atoms with van der Waals surface area (Å²) in [6.45, 7) is 8.65. The Balaban J connectivity index is 1.72. The van der Waals surface area contributed by atoms with Crippen molar-refractivity contribution in [2.75, 3.05) is 6.54 Å². The van der Waals surface area contributed by atoms with Crippen LogP contribution in [0.25, 0.3) is 0 Å². The van der Waals surface area contributed by atoms with Gasteiger partial charge in [0.15, 0.2) is 0 Å². The lowest BCUT2D eigenvalue weighted by molar-refractivity contribution is -0.136. The van der Waals surface area contributed by atoms with Gasteiger partial charge in [0.05, 0.1) is 6.42 Å². The molecule has 6 nitrogen and oxygen atoms in total. The second-order valence-electron chi connectivity index (χ2n) is 10.2. The summed E-state index contributed by atoms with van der Waals surface area (Å²) in [5.41, 5.74) is 3.76. The van der Waals surface area contributed by atoms with E-state index in [1.54, 1.807) is 12.1 Å². The van der Waals surface area contributed by atoms with Crippen LogP contribution in [0.4, 0.5) is 0 Å². The van der Waals surface area contributed by atoms with Gasteiger partial charge in [-0.05, 0) is 59.2 Å². The lowest BCUT2D eigenvalue weighted by Gasteiger charge is -2.27. The Morgan fingerprint density at radius 3 is 2.22 bits per heavy atom. The number of carbonyl (C=O) groups is 3. The number of hydrogen-bond acceptors (Lipinski definition) is 4. The Bertz CT molecular complexity index is 1130. The number of allylic oxidation sites excluding steroid dienone is 3. The summed E-state index contributed by atoms with van der Waals surface area (Å²) < 4.78 is 6.40. The maximum Gasteiger partial charge on any atom is 0.305 e. The van der Waals surface area contributed by atoms with Crippen molar-refractivity contribution in [3.8, 4) is 0 Å². The molecule has 1 aliphatic carbocycles. The molecule has 3 unspecified atom stereocenters. The Labute approximate surface area is 219 Å². The molecular weight excluding hydrogens is 466 g/mol. The number of carbonyl (C=O) groups excluding carboxylic acids is 2. The number of hydrogen-bond donors (Lipinski definition) is 2. The Hall–Kier alpha value is -3.67. The van der Waals surface area contributed by atoms with Gasteiger partial charge in [-0.2, -0.15) is 0 Å². The molecule has 196 valence electrons. The summed E-state index contributed by atoms with van der Waals surface area (Å²) in [5, 5.41) is 11.4. The van der Waals surface area contributed by atoms with Crippen molar-refractivity contribution in [3.05, 3.63) is 94.8 Å². The third-order valence-electron chi connectivity index (χ3n) is 6.52. The number of aliphatic carboxylic acids is 1. The minimum Gasteiger partial charge on any atom is -0.486 e. The zero-order valence-electron chi connectivity index (χ0n) is 22.0. The van der Waals surface area contributed by atoms with E-state index in [4.69, 9.17) is 9.84 Å². The van der Waals surface area contributed by atoms with Crippen molar-refractivity contribution in [1.29, 1.82) is 0 Å². The number of amides is 1. The highest BCUT2D eigenvalue weighted by Gasteiger charge is 2.25. The molecular formula is C31H37NO5. The van der Waals surface area contributed by atoms with E-state index in [1.165, 1.54) is 5.56 Å². The first kappa shape index (κ1) is 27.9. The fourth-order valence-electron chi connectivity index (χ4n) is 4.39. The number of rotatable bonds is 12.